The van der Waals surface area contributed by atoms with E-state index in [1.807, 2.05) is 30.3 Å². The summed E-state index contributed by atoms with van der Waals surface area (Å²) in [4.78, 5) is 35.1. The third-order valence-corrected chi connectivity index (χ3v) is 6.69. The molecule has 1 saturated heterocycles. The Balaban J connectivity index is 1.43. The first-order valence-electron chi connectivity index (χ1n) is 12.7. The molecular weight excluding hydrogens is 485 g/mol. The molecule has 1 aromatic heterocycles. The Morgan fingerprint density at radius 3 is 2.50 bits per heavy atom. The van der Waals surface area contributed by atoms with Crippen LogP contribution in [0.4, 0.5) is 10.1 Å². The molecule has 1 N–H and O–H groups in total. The number of carbonyl (C=O) groups is 1. The minimum Gasteiger partial charge on any atom is -0.455 e. The van der Waals surface area contributed by atoms with Crippen molar-refractivity contribution in [2.75, 3.05) is 45.1 Å². The monoisotopic (exact) mass is 515 g/mol. The zero-order chi connectivity index (χ0) is 26.5. The number of aromatic nitrogens is 2. The van der Waals surface area contributed by atoms with Gasteiger partial charge < -0.3 is 15.0 Å². The van der Waals surface area contributed by atoms with Crippen molar-refractivity contribution in [2.45, 2.75) is 13.0 Å². The van der Waals surface area contributed by atoms with E-state index in [0.717, 1.165) is 31.7 Å². The Morgan fingerprint density at radius 1 is 1.03 bits per heavy atom. The molecule has 1 aliphatic heterocycles. The van der Waals surface area contributed by atoms with Crippen molar-refractivity contribution in [3.63, 3.8) is 0 Å². The minimum atomic E-state index is -0.387. The maximum Gasteiger partial charge on any atom is 0.261 e. The Labute approximate surface area is 220 Å². The molecular formula is C29H30FN5O3. The number of carbonyl (C=O) groups excluding carboxylic acids is 1. The number of anilines is 1. The van der Waals surface area contributed by atoms with Crippen LogP contribution in [0, 0.1) is 5.82 Å². The van der Waals surface area contributed by atoms with Crippen molar-refractivity contribution in [3.05, 3.63) is 94.8 Å². The van der Waals surface area contributed by atoms with E-state index >= 15 is 0 Å². The maximum absolute atomic E-state index is 13.5. The van der Waals surface area contributed by atoms with Crippen LogP contribution in [-0.4, -0.2) is 65.0 Å². The summed E-state index contributed by atoms with van der Waals surface area (Å²) in [6.07, 6.45) is 2.22. The average Bonchev–Trinajstić information content (AvgIpc) is 2.92. The molecule has 0 bridgehead atoms. The van der Waals surface area contributed by atoms with Gasteiger partial charge in [0.15, 0.2) is 5.75 Å². The van der Waals surface area contributed by atoms with Gasteiger partial charge in [-0.3, -0.25) is 19.1 Å². The topological polar surface area (TPSA) is 79.7 Å². The molecule has 0 atom stereocenters. The summed E-state index contributed by atoms with van der Waals surface area (Å²) in [6.45, 7) is 4.15. The second kappa shape index (κ2) is 11.5. The molecule has 196 valence electrons. The number of piperazine rings is 1. The van der Waals surface area contributed by atoms with E-state index < -0.39 is 0 Å². The third kappa shape index (κ3) is 6.24. The summed E-state index contributed by atoms with van der Waals surface area (Å²) in [5.41, 5.74) is 1.77. The van der Waals surface area contributed by atoms with Crippen LogP contribution in [0.1, 0.15) is 5.56 Å². The summed E-state index contributed by atoms with van der Waals surface area (Å²) >= 11 is 0. The summed E-state index contributed by atoms with van der Waals surface area (Å²) in [7, 11) is 2.06. The highest BCUT2D eigenvalue weighted by Gasteiger charge is 2.19. The molecule has 0 unspecified atom stereocenters. The van der Waals surface area contributed by atoms with E-state index in [4.69, 9.17) is 4.74 Å². The van der Waals surface area contributed by atoms with Crippen molar-refractivity contribution >= 4 is 22.5 Å². The molecule has 1 amide bonds. The number of fused-ring (bicyclic) bond motifs is 1. The van der Waals surface area contributed by atoms with Crippen LogP contribution >= 0.6 is 0 Å². The largest absolute Gasteiger partial charge is 0.455 e. The van der Waals surface area contributed by atoms with Crippen LogP contribution in [-0.2, 0) is 17.8 Å². The fourth-order valence-electron chi connectivity index (χ4n) is 4.45. The molecule has 5 rings (SSSR count). The van der Waals surface area contributed by atoms with Gasteiger partial charge >= 0.3 is 0 Å². The Morgan fingerprint density at radius 2 is 1.76 bits per heavy atom. The Kier molecular flexibility index (Phi) is 7.76. The Bertz CT molecular complexity index is 1470. The van der Waals surface area contributed by atoms with Crippen molar-refractivity contribution in [2.24, 2.45) is 0 Å². The summed E-state index contributed by atoms with van der Waals surface area (Å²) in [5, 5.41) is 3.30. The number of ether oxygens (including phenoxy) is 1. The molecule has 0 radical (unpaired) electrons. The predicted octanol–water partition coefficient (Wildman–Crippen LogP) is 3.76. The quantitative estimate of drug-likeness (QED) is 0.385. The first-order chi connectivity index (χ1) is 18.4. The molecule has 4 aromatic rings. The molecule has 0 saturated carbocycles. The van der Waals surface area contributed by atoms with Gasteiger partial charge in [-0.1, -0.05) is 30.3 Å². The van der Waals surface area contributed by atoms with E-state index in [-0.39, 0.29) is 29.6 Å². The number of halogens is 1. The second-order valence-corrected chi connectivity index (χ2v) is 9.53. The number of nitrogens with one attached hydrogen (secondary N) is 1. The number of aryl methyl sites for hydroxylation is 2. The van der Waals surface area contributed by atoms with E-state index in [1.165, 1.54) is 30.6 Å². The molecule has 9 heteroatoms. The number of benzene rings is 3. The van der Waals surface area contributed by atoms with Crippen LogP contribution in [0.5, 0.6) is 11.5 Å². The average molecular weight is 516 g/mol. The number of amides is 1. The van der Waals surface area contributed by atoms with Gasteiger partial charge in [-0.15, -0.1) is 0 Å². The number of hydrogen-bond acceptors (Lipinski definition) is 6. The molecule has 8 nitrogen and oxygen atoms in total. The standard InChI is InChI=1S/C29H30FN5O3/c1-33-13-15-34(16-14-33)19-28(36)32-26-18-25-24(17-27(26)38-23-9-7-22(30)8-10-23)29(37)35(20-31-25)12-11-21-5-3-2-4-6-21/h2-10,17-18,20H,11-16,19H2,1H3,(H,32,36). The van der Waals surface area contributed by atoms with Gasteiger partial charge in [-0.25, -0.2) is 9.37 Å². The minimum absolute atomic E-state index is 0.186. The molecule has 1 aliphatic rings. The van der Waals surface area contributed by atoms with E-state index in [2.05, 4.69) is 27.1 Å². The predicted molar refractivity (Wildman–Crippen MR) is 145 cm³/mol. The van der Waals surface area contributed by atoms with Crippen LogP contribution in [0.25, 0.3) is 10.9 Å². The maximum atomic E-state index is 13.5. The summed E-state index contributed by atoms with van der Waals surface area (Å²) in [5.74, 6) is 0.0975. The highest BCUT2D eigenvalue weighted by molar-refractivity contribution is 5.97. The van der Waals surface area contributed by atoms with Crippen LogP contribution < -0.4 is 15.6 Å². The van der Waals surface area contributed by atoms with Gasteiger partial charge in [0.2, 0.25) is 5.91 Å². The summed E-state index contributed by atoms with van der Waals surface area (Å²) in [6, 6.07) is 18.8. The molecule has 2 heterocycles. The molecule has 3 aromatic carbocycles. The van der Waals surface area contributed by atoms with Crippen molar-refractivity contribution in [1.82, 2.24) is 19.4 Å². The van der Waals surface area contributed by atoms with Crippen LogP contribution in [0.3, 0.4) is 0 Å². The zero-order valence-electron chi connectivity index (χ0n) is 21.3. The normalized spacial score (nSPS) is 14.5. The fraction of sp³-hybridized carbons (Fsp3) is 0.276. The summed E-state index contributed by atoms with van der Waals surface area (Å²) < 4.78 is 21.0. The van der Waals surface area contributed by atoms with Crippen LogP contribution in [0.2, 0.25) is 0 Å². The van der Waals surface area contributed by atoms with Crippen LogP contribution in [0.15, 0.2) is 77.9 Å². The molecule has 0 spiro atoms. The fourth-order valence-corrected chi connectivity index (χ4v) is 4.45. The third-order valence-electron chi connectivity index (χ3n) is 6.69. The van der Waals surface area contributed by atoms with Crippen molar-refractivity contribution < 1.29 is 13.9 Å². The van der Waals surface area contributed by atoms with Gasteiger partial charge in [0.05, 0.1) is 29.5 Å². The van der Waals surface area contributed by atoms with Gasteiger partial charge in [0.1, 0.15) is 11.6 Å². The SMILES string of the molecule is CN1CCN(CC(=O)Nc2cc3ncn(CCc4ccccc4)c(=O)c3cc2Oc2ccc(F)cc2)CC1. The molecule has 1 fully saturated rings. The lowest BCUT2D eigenvalue weighted by molar-refractivity contribution is -0.117. The lowest BCUT2D eigenvalue weighted by atomic mass is 10.1. The molecule has 38 heavy (non-hydrogen) atoms. The van der Waals surface area contributed by atoms with Gasteiger partial charge in [0.25, 0.3) is 5.56 Å². The highest BCUT2D eigenvalue weighted by Crippen LogP contribution is 2.32. The highest BCUT2D eigenvalue weighted by atomic mass is 19.1. The van der Waals surface area contributed by atoms with Crippen molar-refractivity contribution in [1.29, 1.82) is 0 Å². The Hall–Kier alpha value is -4.08. The van der Waals surface area contributed by atoms with Crippen molar-refractivity contribution in [3.8, 4) is 11.5 Å². The molecule has 0 aliphatic carbocycles. The van der Waals surface area contributed by atoms with Gasteiger partial charge in [-0.2, -0.15) is 0 Å². The van der Waals surface area contributed by atoms with Gasteiger partial charge in [0, 0.05) is 32.7 Å². The second-order valence-electron chi connectivity index (χ2n) is 9.53. The number of likely N-dealkylation sites (N-methyl/N-ethyl adjacent to an activating group) is 1. The lowest BCUT2D eigenvalue weighted by Crippen LogP contribution is -2.47. The van der Waals surface area contributed by atoms with E-state index in [1.54, 1.807) is 16.7 Å². The number of rotatable bonds is 8. The lowest BCUT2D eigenvalue weighted by Gasteiger charge is -2.31. The zero-order valence-corrected chi connectivity index (χ0v) is 21.3. The van der Waals surface area contributed by atoms with E-state index in [0.29, 0.717) is 35.3 Å². The smallest absolute Gasteiger partial charge is 0.261 e. The number of hydrogen-bond donors (Lipinski definition) is 1. The first kappa shape index (κ1) is 25.6. The first-order valence-corrected chi connectivity index (χ1v) is 12.7. The number of nitrogens with zero attached hydrogens (tertiary/aromatic N) is 4. The van der Waals surface area contributed by atoms with E-state index in [9.17, 15) is 14.0 Å². The van der Waals surface area contributed by atoms with Gasteiger partial charge in [-0.05, 0) is 55.4 Å².